The van der Waals surface area contributed by atoms with Crippen LogP contribution in [0.1, 0.15) is 45.2 Å². The van der Waals surface area contributed by atoms with Crippen molar-refractivity contribution in [3.05, 3.63) is 18.0 Å². The first kappa shape index (κ1) is 20.4. The lowest BCUT2D eigenvalue weighted by Crippen LogP contribution is -2.48. The van der Waals surface area contributed by atoms with Crippen LogP contribution in [0.5, 0.6) is 0 Å². The van der Waals surface area contributed by atoms with E-state index in [4.69, 9.17) is 5.73 Å². The van der Waals surface area contributed by atoms with Crippen LogP contribution >= 0.6 is 12.4 Å². The molecule has 0 aromatic carbocycles. The Bertz CT molecular complexity index is 468. The third kappa shape index (κ3) is 5.75. The SMILES string of the molecule is CCN1CCC[C@@H](CN(C)CC(C)(C)N)[C@@H]1c1cnn(C)c1.Cl. The Labute approximate surface area is 147 Å². The van der Waals surface area contributed by atoms with Gasteiger partial charge >= 0.3 is 0 Å². The van der Waals surface area contributed by atoms with Crippen molar-refractivity contribution in [2.45, 2.75) is 45.2 Å². The van der Waals surface area contributed by atoms with Gasteiger partial charge < -0.3 is 10.6 Å². The molecule has 2 rings (SSSR count). The summed E-state index contributed by atoms with van der Waals surface area (Å²) < 4.78 is 1.92. The third-order valence-corrected chi connectivity index (χ3v) is 4.56. The van der Waals surface area contributed by atoms with Gasteiger partial charge in [-0.3, -0.25) is 9.58 Å². The first-order valence-electron chi connectivity index (χ1n) is 8.50. The Hall–Kier alpha value is -0.620. The number of likely N-dealkylation sites (tertiary alicyclic amines) is 1. The third-order valence-electron chi connectivity index (χ3n) is 4.56. The van der Waals surface area contributed by atoms with Crippen molar-refractivity contribution >= 4 is 12.4 Å². The maximum atomic E-state index is 6.18. The van der Waals surface area contributed by atoms with Crippen LogP contribution in [0.25, 0.3) is 0 Å². The van der Waals surface area contributed by atoms with E-state index in [9.17, 15) is 0 Å². The molecule has 6 heteroatoms. The van der Waals surface area contributed by atoms with Gasteiger partial charge in [0.2, 0.25) is 0 Å². The molecule has 0 radical (unpaired) electrons. The van der Waals surface area contributed by atoms with E-state index in [1.165, 1.54) is 24.9 Å². The molecule has 1 aliphatic rings. The van der Waals surface area contributed by atoms with Crippen LogP contribution in [-0.4, -0.2) is 58.3 Å². The maximum absolute atomic E-state index is 6.18. The van der Waals surface area contributed by atoms with Crippen LogP contribution < -0.4 is 5.73 Å². The molecule has 0 spiro atoms. The fourth-order valence-corrected chi connectivity index (χ4v) is 3.93. The van der Waals surface area contributed by atoms with Gasteiger partial charge in [-0.15, -0.1) is 12.4 Å². The van der Waals surface area contributed by atoms with E-state index in [2.05, 4.69) is 48.9 Å². The zero-order chi connectivity index (χ0) is 16.3. The van der Waals surface area contributed by atoms with E-state index >= 15 is 0 Å². The summed E-state index contributed by atoms with van der Waals surface area (Å²) in [5.41, 5.74) is 7.39. The monoisotopic (exact) mass is 343 g/mol. The molecule has 0 bridgehead atoms. The molecule has 2 N–H and O–H groups in total. The minimum absolute atomic E-state index is 0. The van der Waals surface area contributed by atoms with Crippen molar-refractivity contribution in [3.8, 4) is 0 Å². The number of nitrogens with zero attached hydrogens (tertiary/aromatic N) is 4. The average Bonchev–Trinajstić information content (AvgIpc) is 2.82. The van der Waals surface area contributed by atoms with Crippen molar-refractivity contribution in [1.82, 2.24) is 19.6 Å². The van der Waals surface area contributed by atoms with Gasteiger partial charge in [0.1, 0.15) is 0 Å². The molecule has 0 saturated carbocycles. The summed E-state index contributed by atoms with van der Waals surface area (Å²) in [6.45, 7) is 10.8. The fourth-order valence-electron chi connectivity index (χ4n) is 3.93. The highest BCUT2D eigenvalue weighted by molar-refractivity contribution is 5.85. The Morgan fingerprint density at radius 1 is 1.43 bits per heavy atom. The topological polar surface area (TPSA) is 50.3 Å². The first-order valence-corrected chi connectivity index (χ1v) is 8.50. The van der Waals surface area contributed by atoms with Gasteiger partial charge in [-0.2, -0.15) is 5.10 Å². The van der Waals surface area contributed by atoms with Crippen molar-refractivity contribution in [2.24, 2.45) is 18.7 Å². The van der Waals surface area contributed by atoms with Crippen molar-refractivity contribution in [1.29, 1.82) is 0 Å². The van der Waals surface area contributed by atoms with Crippen LogP contribution in [0.15, 0.2) is 12.4 Å². The van der Waals surface area contributed by atoms with E-state index in [0.29, 0.717) is 12.0 Å². The molecule has 1 saturated heterocycles. The summed E-state index contributed by atoms with van der Waals surface area (Å²) >= 11 is 0. The summed E-state index contributed by atoms with van der Waals surface area (Å²) in [5.74, 6) is 0.644. The van der Waals surface area contributed by atoms with Crippen LogP contribution in [0.3, 0.4) is 0 Å². The summed E-state index contributed by atoms with van der Waals surface area (Å²) in [4.78, 5) is 5.00. The smallest absolute Gasteiger partial charge is 0.0537 e. The van der Waals surface area contributed by atoms with Crippen molar-refractivity contribution in [2.75, 3.05) is 33.2 Å². The van der Waals surface area contributed by atoms with Crippen LogP contribution in [0, 0.1) is 5.92 Å². The van der Waals surface area contributed by atoms with E-state index in [1.54, 1.807) is 0 Å². The Morgan fingerprint density at radius 3 is 2.65 bits per heavy atom. The molecule has 0 unspecified atom stereocenters. The molecular weight excluding hydrogens is 310 g/mol. The molecule has 2 heterocycles. The lowest BCUT2D eigenvalue weighted by atomic mass is 9.85. The largest absolute Gasteiger partial charge is 0.324 e. The second kappa shape index (κ2) is 8.47. The normalized spacial score (nSPS) is 23.1. The number of piperidine rings is 1. The quantitative estimate of drug-likeness (QED) is 0.861. The Balaban J connectivity index is 0.00000264. The number of aromatic nitrogens is 2. The zero-order valence-electron chi connectivity index (χ0n) is 15.3. The number of halogens is 1. The predicted octanol–water partition coefficient (Wildman–Crippen LogP) is 2.28. The number of likely N-dealkylation sites (N-methyl/N-ethyl adjacent to an activating group) is 1. The summed E-state index contributed by atoms with van der Waals surface area (Å²) in [6.07, 6.45) is 6.79. The van der Waals surface area contributed by atoms with Crippen LogP contribution in [0.2, 0.25) is 0 Å². The van der Waals surface area contributed by atoms with Gasteiger partial charge in [0.25, 0.3) is 0 Å². The molecule has 23 heavy (non-hydrogen) atoms. The van der Waals surface area contributed by atoms with Crippen molar-refractivity contribution in [3.63, 3.8) is 0 Å². The maximum Gasteiger partial charge on any atom is 0.0537 e. The standard InChI is InChI=1S/C17H33N5.ClH/c1-6-22-9-7-8-14(11-20(4)13-17(2,3)18)16(22)15-10-19-21(5)12-15;/h10,12,14,16H,6-9,11,13,18H2,1-5H3;1H/t14-,16+;/m0./s1. The molecule has 1 aromatic rings. The van der Waals surface area contributed by atoms with E-state index in [0.717, 1.165) is 19.6 Å². The highest BCUT2D eigenvalue weighted by Crippen LogP contribution is 2.36. The minimum Gasteiger partial charge on any atom is -0.324 e. The number of rotatable bonds is 6. The number of nitrogens with two attached hydrogens (primary N) is 1. The highest BCUT2D eigenvalue weighted by atomic mass is 35.5. The number of aryl methyl sites for hydroxylation is 1. The molecular formula is C17H34ClN5. The summed E-state index contributed by atoms with van der Waals surface area (Å²) in [7, 11) is 4.19. The summed E-state index contributed by atoms with van der Waals surface area (Å²) in [5, 5.41) is 4.39. The van der Waals surface area contributed by atoms with Gasteiger partial charge in [0, 0.05) is 43.5 Å². The van der Waals surface area contributed by atoms with Crippen molar-refractivity contribution < 1.29 is 0 Å². The van der Waals surface area contributed by atoms with E-state index in [1.807, 2.05) is 17.9 Å². The first-order chi connectivity index (χ1) is 10.3. The molecule has 1 fully saturated rings. The van der Waals surface area contributed by atoms with Gasteiger partial charge in [0.05, 0.1) is 6.20 Å². The molecule has 1 aromatic heterocycles. The molecule has 0 aliphatic carbocycles. The second-order valence-electron chi connectivity index (χ2n) is 7.61. The predicted molar refractivity (Wildman–Crippen MR) is 98.9 cm³/mol. The Kier molecular flexibility index (Phi) is 7.52. The number of hydrogen-bond donors (Lipinski definition) is 1. The van der Waals surface area contributed by atoms with E-state index in [-0.39, 0.29) is 17.9 Å². The average molecular weight is 344 g/mol. The molecule has 5 nitrogen and oxygen atoms in total. The Morgan fingerprint density at radius 2 is 2.13 bits per heavy atom. The minimum atomic E-state index is -0.141. The molecule has 0 amide bonds. The second-order valence-corrected chi connectivity index (χ2v) is 7.61. The zero-order valence-corrected chi connectivity index (χ0v) is 16.1. The lowest BCUT2D eigenvalue weighted by molar-refractivity contribution is 0.0727. The van der Waals surface area contributed by atoms with E-state index < -0.39 is 0 Å². The number of hydrogen-bond acceptors (Lipinski definition) is 4. The van der Waals surface area contributed by atoms with Crippen LogP contribution in [0.4, 0.5) is 0 Å². The molecule has 2 atom stereocenters. The van der Waals surface area contributed by atoms with Gasteiger partial charge in [0.15, 0.2) is 0 Å². The summed E-state index contributed by atoms with van der Waals surface area (Å²) in [6, 6.07) is 0.482. The molecule has 1 aliphatic heterocycles. The van der Waals surface area contributed by atoms with Crippen LogP contribution in [-0.2, 0) is 7.05 Å². The lowest BCUT2D eigenvalue weighted by Gasteiger charge is -2.42. The van der Waals surface area contributed by atoms with Gasteiger partial charge in [-0.1, -0.05) is 6.92 Å². The highest BCUT2D eigenvalue weighted by Gasteiger charge is 2.33. The van der Waals surface area contributed by atoms with Gasteiger partial charge in [-0.25, -0.2) is 0 Å². The molecule has 134 valence electrons. The fraction of sp³-hybridized carbons (Fsp3) is 0.824. The van der Waals surface area contributed by atoms with Gasteiger partial charge in [-0.05, 0) is 52.7 Å².